The Labute approximate surface area is 173 Å². The Hall–Kier alpha value is -3.27. The van der Waals surface area contributed by atoms with E-state index in [4.69, 9.17) is 4.74 Å². The lowest BCUT2D eigenvalue weighted by Crippen LogP contribution is -1.95. The number of hydrogen-bond donors (Lipinski definition) is 0. The van der Waals surface area contributed by atoms with Crippen LogP contribution in [-0.2, 0) is 6.42 Å². The molecule has 152 valence electrons. The van der Waals surface area contributed by atoms with Crippen molar-refractivity contribution < 1.29 is 17.9 Å². The summed E-state index contributed by atoms with van der Waals surface area (Å²) in [6, 6.07) is 19.1. The third kappa shape index (κ3) is 3.54. The van der Waals surface area contributed by atoms with Crippen LogP contribution in [0.1, 0.15) is 18.9 Å². The average molecular weight is 406 g/mol. The molecule has 4 rings (SSSR count). The van der Waals surface area contributed by atoms with E-state index >= 15 is 4.39 Å². The molecule has 0 N–H and O–H groups in total. The summed E-state index contributed by atoms with van der Waals surface area (Å²) in [5.74, 6) is -2.43. The Bertz CT molecular complexity index is 1210. The van der Waals surface area contributed by atoms with Crippen LogP contribution in [0, 0.1) is 17.5 Å². The van der Waals surface area contributed by atoms with Gasteiger partial charge in [-0.1, -0.05) is 67.9 Å². The highest BCUT2D eigenvalue weighted by molar-refractivity contribution is 5.89. The van der Waals surface area contributed by atoms with Gasteiger partial charge in [-0.05, 0) is 40.6 Å². The Morgan fingerprint density at radius 2 is 1.33 bits per heavy atom. The maximum Gasteiger partial charge on any atom is 0.201 e. The average Bonchev–Trinajstić information content (AvgIpc) is 2.76. The lowest BCUT2D eigenvalue weighted by molar-refractivity contribution is 0.372. The van der Waals surface area contributed by atoms with Crippen LogP contribution in [-0.4, -0.2) is 7.11 Å². The van der Waals surface area contributed by atoms with Gasteiger partial charge in [-0.25, -0.2) is 8.78 Å². The topological polar surface area (TPSA) is 9.23 Å². The molecular formula is C26H21F3O. The number of aryl methyl sites for hydroxylation is 1. The number of ether oxygens (including phenoxy) is 1. The fraction of sp³-hybridized carbons (Fsp3) is 0.154. The van der Waals surface area contributed by atoms with Crippen LogP contribution in [0.15, 0.2) is 66.7 Å². The van der Waals surface area contributed by atoms with Crippen molar-refractivity contribution in [2.45, 2.75) is 19.8 Å². The molecule has 0 aliphatic rings. The summed E-state index contributed by atoms with van der Waals surface area (Å²) in [6.45, 7) is 2.11. The van der Waals surface area contributed by atoms with Crippen molar-refractivity contribution in [2.24, 2.45) is 0 Å². The van der Waals surface area contributed by atoms with Crippen LogP contribution in [0.4, 0.5) is 13.2 Å². The fourth-order valence-corrected chi connectivity index (χ4v) is 3.75. The Kier molecular flexibility index (Phi) is 5.49. The lowest BCUT2D eigenvalue weighted by Gasteiger charge is -2.11. The van der Waals surface area contributed by atoms with Gasteiger partial charge in [-0.15, -0.1) is 0 Å². The zero-order valence-corrected chi connectivity index (χ0v) is 16.8. The van der Waals surface area contributed by atoms with Crippen LogP contribution in [0.2, 0.25) is 0 Å². The quantitative estimate of drug-likeness (QED) is 0.332. The van der Waals surface area contributed by atoms with Crippen LogP contribution >= 0.6 is 0 Å². The third-order valence-electron chi connectivity index (χ3n) is 5.33. The molecule has 0 spiro atoms. The molecule has 4 heteroatoms. The lowest BCUT2D eigenvalue weighted by atomic mass is 9.96. The predicted molar refractivity (Wildman–Crippen MR) is 115 cm³/mol. The highest BCUT2D eigenvalue weighted by atomic mass is 19.2. The summed E-state index contributed by atoms with van der Waals surface area (Å²) in [5.41, 5.74) is 2.96. The zero-order chi connectivity index (χ0) is 21.3. The van der Waals surface area contributed by atoms with Crippen molar-refractivity contribution in [3.8, 4) is 28.0 Å². The summed E-state index contributed by atoms with van der Waals surface area (Å²) in [6.07, 6.45) is 2.00. The molecule has 0 heterocycles. The molecule has 4 aromatic rings. The maximum absolute atomic E-state index is 15.2. The molecule has 30 heavy (non-hydrogen) atoms. The van der Waals surface area contributed by atoms with Gasteiger partial charge in [0.1, 0.15) is 5.82 Å². The molecule has 4 aromatic carbocycles. The number of rotatable bonds is 5. The highest BCUT2D eigenvalue weighted by Gasteiger charge is 2.16. The monoisotopic (exact) mass is 406 g/mol. The highest BCUT2D eigenvalue weighted by Crippen LogP contribution is 2.33. The summed E-state index contributed by atoms with van der Waals surface area (Å²) >= 11 is 0. The van der Waals surface area contributed by atoms with Gasteiger partial charge in [0.2, 0.25) is 5.82 Å². The van der Waals surface area contributed by atoms with Gasteiger partial charge in [-0.3, -0.25) is 0 Å². The minimum absolute atomic E-state index is 0.127. The first-order valence-corrected chi connectivity index (χ1v) is 9.87. The molecule has 0 aliphatic carbocycles. The Morgan fingerprint density at radius 3 is 1.97 bits per heavy atom. The largest absolute Gasteiger partial charge is 0.494 e. The number of fused-ring (bicyclic) bond motifs is 1. The molecule has 0 fully saturated rings. The van der Waals surface area contributed by atoms with E-state index in [1.54, 1.807) is 30.3 Å². The van der Waals surface area contributed by atoms with E-state index < -0.39 is 11.6 Å². The van der Waals surface area contributed by atoms with E-state index in [9.17, 15) is 8.78 Å². The Balaban J connectivity index is 1.71. The first kappa shape index (κ1) is 20.0. The van der Waals surface area contributed by atoms with Gasteiger partial charge in [0, 0.05) is 16.5 Å². The van der Waals surface area contributed by atoms with Crippen molar-refractivity contribution >= 4 is 10.8 Å². The van der Waals surface area contributed by atoms with Crippen LogP contribution in [0.5, 0.6) is 5.75 Å². The second-order valence-electron chi connectivity index (χ2n) is 7.25. The van der Waals surface area contributed by atoms with Gasteiger partial charge in [-0.2, -0.15) is 4.39 Å². The summed E-state index contributed by atoms with van der Waals surface area (Å²) < 4.78 is 48.4. The van der Waals surface area contributed by atoms with Crippen LogP contribution < -0.4 is 4.74 Å². The second kappa shape index (κ2) is 8.23. The molecule has 0 saturated carbocycles. The van der Waals surface area contributed by atoms with E-state index in [1.165, 1.54) is 24.8 Å². The van der Waals surface area contributed by atoms with Crippen LogP contribution in [0.25, 0.3) is 33.0 Å². The minimum Gasteiger partial charge on any atom is -0.494 e. The van der Waals surface area contributed by atoms with Crippen molar-refractivity contribution in [1.29, 1.82) is 0 Å². The third-order valence-corrected chi connectivity index (χ3v) is 5.33. The minimum atomic E-state index is -1.03. The molecule has 1 nitrogen and oxygen atoms in total. The summed E-state index contributed by atoms with van der Waals surface area (Å²) in [7, 11) is 1.29. The standard InChI is InChI=1S/C26H21F3O/c1-3-4-16-5-11-22-19(15-16)10-12-20(24(22)27)17-6-8-18(9-7-17)21-13-14-23(30-2)26(29)25(21)28/h5-15H,3-4H2,1-2H3. The van der Waals surface area contributed by atoms with Crippen molar-refractivity contribution in [3.63, 3.8) is 0 Å². The number of halogens is 3. The van der Waals surface area contributed by atoms with E-state index in [2.05, 4.69) is 6.92 Å². The first-order valence-electron chi connectivity index (χ1n) is 9.87. The van der Waals surface area contributed by atoms with Gasteiger partial charge in [0.15, 0.2) is 11.6 Å². The number of hydrogen-bond acceptors (Lipinski definition) is 1. The zero-order valence-electron chi connectivity index (χ0n) is 16.8. The molecule has 0 atom stereocenters. The molecule has 0 aliphatic heterocycles. The molecule has 0 saturated heterocycles. The molecule has 0 aromatic heterocycles. The summed E-state index contributed by atoms with van der Waals surface area (Å²) in [4.78, 5) is 0. The van der Waals surface area contributed by atoms with Gasteiger partial charge in [0.25, 0.3) is 0 Å². The van der Waals surface area contributed by atoms with E-state index in [1.807, 2.05) is 24.3 Å². The Morgan fingerprint density at radius 1 is 0.700 bits per heavy atom. The van der Waals surface area contributed by atoms with Gasteiger partial charge >= 0.3 is 0 Å². The predicted octanol–water partition coefficient (Wildman–Crippen LogP) is 7.55. The van der Waals surface area contributed by atoms with Crippen molar-refractivity contribution in [1.82, 2.24) is 0 Å². The fourth-order valence-electron chi connectivity index (χ4n) is 3.75. The second-order valence-corrected chi connectivity index (χ2v) is 7.25. The molecule has 0 bridgehead atoms. The van der Waals surface area contributed by atoms with Gasteiger partial charge < -0.3 is 4.74 Å². The normalized spacial score (nSPS) is 11.1. The number of benzene rings is 4. The summed E-state index contributed by atoms with van der Waals surface area (Å²) in [5, 5.41) is 1.44. The molecule has 0 radical (unpaired) electrons. The molecule has 0 amide bonds. The van der Waals surface area contributed by atoms with Crippen LogP contribution in [0.3, 0.4) is 0 Å². The van der Waals surface area contributed by atoms with E-state index in [0.29, 0.717) is 22.1 Å². The van der Waals surface area contributed by atoms with Crippen molar-refractivity contribution in [3.05, 3.63) is 89.7 Å². The number of methoxy groups -OCH3 is 1. The SMILES string of the molecule is CCCc1ccc2c(F)c(-c3ccc(-c4ccc(OC)c(F)c4F)cc3)ccc2c1. The first-order chi connectivity index (χ1) is 14.5. The van der Waals surface area contributed by atoms with E-state index in [-0.39, 0.29) is 17.1 Å². The van der Waals surface area contributed by atoms with Crippen molar-refractivity contribution in [2.75, 3.05) is 7.11 Å². The van der Waals surface area contributed by atoms with E-state index in [0.717, 1.165) is 18.2 Å². The van der Waals surface area contributed by atoms with Gasteiger partial charge in [0.05, 0.1) is 7.11 Å². The maximum atomic E-state index is 15.2. The molecular weight excluding hydrogens is 385 g/mol. The smallest absolute Gasteiger partial charge is 0.201 e. The molecule has 0 unspecified atom stereocenters.